The molecule has 16 atom stereocenters. The van der Waals surface area contributed by atoms with Crippen molar-refractivity contribution in [1.82, 2.24) is 0 Å². The van der Waals surface area contributed by atoms with E-state index < -0.39 is 45.5 Å². The van der Waals surface area contributed by atoms with Crippen molar-refractivity contribution in [3.8, 4) is 0 Å². The van der Waals surface area contributed by atoms with E-state index in [9.17, 15) is 0 Å². The molecule has 6 heterocycles. The highest BCUT2D eigenvalue weighted by Crippen LogP contribution is 2.47. The van der Waals surface area contributed by atoms with E-state index >= 15 is 0 Å². The predicted octanol–water partition coefficient (Wildman–Crippen LogP) is 8.29. The summed E-state index contributed by atoms with van der Waals surface area (Å²) in [6.45, 7) is 0. The lowest BCUT2D eigenvalue weighted by molar-refractivity contribution is 0.111. The van der Waals surface area contributed by atoms with Crippen LogP contribution in [0.1, 0.15) is 141 Å². The van der Waals surface area contributed by atoms with Crippen LogP contribution < -0.4 is 0 Å². The average molecular weight is 937 g/mol. The minimum atomic E-state index is -3.38. The van der Waals surface area contributed by atoms with Gasteiger partial charge in [0.25, 0.3) is 0 Å². The quantitative estimate of drug-likeness (QED) is 0.0723. The van der Waals surface area contributed by atoms with Gasteiger partial charge in [-0.25, -0.2) is 0 Å². The van der Waals surface area contributed by atoms with Crippen molar-refractivity contribution in [2.75, 3.05) is 14.2 Å². The fraction of sp³-hybridized carbons (Fsp3) is 1.00. The summed E-state index contributed by atoms with van der Waals surface area (Å²) >= 11 is 0. The third kappa shape index (κ3) is 11.5. The number of epoxide rings is 5. The summed E-state index contributed by atoms with van der Waals surface area (Å²) in [4.78, 5) is 0. The monoisotopic (exact) mass is 935 g/mol. The Morgan fingerprint density at radius 2 is 0.951 bits per heavy atom. The fourth-order valence-corrected chi connectivity index (χ4v) is 31.7. The zero-order chi connectivity index (χ0) is 41.0. The van der Waals surface area contributed by atoms with Crippen LogP contribution in [0.15, 0.2) is 0 Å². The minimum absolute atomic E-state index is 0.436. The van der Waals surface area contributed by atoms with Gasteiger partial charge in [0, 0.05) is 26.3 Å². The Morgan fingerprint density at radius 3 is 1.38 bits per heavy atom. The van der Waals surface area contributed by atoms with Gasteiger partial charge < -0.3 is 53.1 Å². The molecule has 0 bridgehead atoms. The van der Waals surface area contributed by atoms with Crippen molar-refractivity contribution in [3.63, 3.8) is 0 Å². The molecule has 0 aromatic rings. The summed E-state index contributed by atoms with van der Waals surface area (Å²) in [6.07, 6.45) is 30.9. The number of ether oxygens (including phenoxy) is 5. The first-order valence-electron chi connectivity index (χ1n) is 25.3. The molecule has 12 nitrogen and oxygen atoms in total. The zero-order valence-electron chi connectivity index (χ0n) is 37.2. The van der Waals surface area contributed by atoms with Gasteiger partial charge in [-0.05, 0) is 163 Å². The van der Waals surface area contributed by atoms with Gasteiger partial charge in [-0.1, -0.05) is 25.7 Å². The highest BCUT2D eigenvalue weighted by Gasteiger charge is 2.60. The Morgan fingerprint density at radius 1 is 0.525 bits per heavy atom. The second kappa shape index (κ2) is 19.3. The molecule has 5 saturated carbocycles. The Bertz CT molecular complexity index is 1430. The summed E-state index contributed by atoms with van der Waals surface area (Å²) in [5.41, 5.74) is 0. The van der Waals surface area contributed by atoms with Gasteiger partial charge in [0.15, 0.2) is 0 Å². The molecule has 343 valence electrons. The molecule has 0 amide bonds. The third-order valence-electron chi connectivity index (χ3n) is 16.9. The minimum Gasteiger partial charge on any atom is -0.414 e. The molecule has 0 aromatic heterocycles. The van der Waals surface area contributed by atoms with Crippen molar-refractivity contribution in [2.45, 2.75) is 233 Å². The zero-order valence-corrected chi connectivity index (χ0v) is 42.2. The maximum Gasteiger partial charge on any atom is 0.484 e. The van der Waals surface area contributed by atoms with Crippen molar-refractivity contribution in [2.24, 2.45) is 29.6 Å². The lowest BCUT2D eigenvalue weighted by Crippen LogP contribution is -2.66. The van der Waals surface area contributed by atoms with E-state index in [1.165, 1.54) is 89.9 Å². The Kier molecular flexibility index (Phi) is 14.0. The van der Waals surface area contributed by atoms with Crippen LogP contribution in [0, 0.1) is 29.6 Å². The van der Waals surface area contributed by atoms with Crippen LogP contribution in [-0.2, 0) is 53.1 Å². The molecular weight excluding hydrogens is 861 g/mol. The van der Waals surface area contributed by atoms with E-state index in [1.54, 1.807) is 0 Å². The first-order chi connectivity index (χ1) is 29.9. The van der Waals surface area contributed by atoms with Crippen LogP contribution in [0.5, 0.6) is 0 Å². The topological polar surface area (TPSA) is 127 Å². The number of rotatable bonds is 23. The molecule has 6 aliphatic heterocycles. The molecule has 11 fully saturated rings. The molecule has 0 spiro atoms. The first-order valence-corrected chi connectivity index (χ1v) is 33.7. The number of hydrogen-bond donors (Lipinski definition) is 0. The molecule has 61 heavy (non-hydrogen) atoms. The Labute approximate surface area is 373 Å². The van der Waals surface area contributed by atoms with Crippen LogP contribution in [-0.4, -0.2) is 121 Å². The molecule has 16 unspecified atom stereocenters. The van der Waals surface area contributed by atoms with Gasteiger partial charge >= 0.3 is 45.5 Å². The molecule has 3 radical (unpaired) electrons. The lowest BCUT2D eigenvalue weighted by atomic mass is 9.86. The summed E-state index contributed by atoms with van der Waals surface area (Å²) < 4.78 is 80.0. The molecule has 0 aromatic carbocycles. The summed E-state index contributed by atoms with van der Waals surface area (Å²) in [6, 6.07) is 4.43. The van der Waals surface area contributed by atoms with Gasteiger partial charge in [0.1, 0.15) is 0 Å². The lowest BCUT2D eigenvalue weighted by Gasteiger charge is -2.45. The van der Waals surface area contributed by atoms with Crippen LogP contribution in [0.25, 0.3) is 0 Å². The van der Waals surface area contributed by atoms with Gasteiger partial charge in [0.05, 0.1) is 61.0 Å². The van der Waals surface area contributed by atoms with Gasteiger partial charge in [-0.2, -0.15) is 0 Å². The molecule has 6 saturated heterocycles. The summed E-state index contributed by atoms with van der Waals surface area (Å²) in [5.74, 6) is 3.34. The second-order valence-corrected chi connectivity index (χ2v) is 33.6. The maximum atomic E-state index is 7.80. The van der Waals surface area contributed by atoms with Crippen molar-refractivity contribution in [1.29, 1.82) is 0 Å². The van der Waals surface area contributed by atoms with E-state index in [-0.39, 0.29) is 0 Å². The normalized spacial score (nSPS) is 45.8. The van der Waals surface area contributed by atoms with E-state index in [1.807, 2.05) is 14.2 Å². The molecular formula is C44H75O12Si5. The molecule has 11 aliphatic rings. The van der Waals surface area contributed by atoms with E-state index in [2.05, 4.69) is 0 Å². The summed E-state index contributed by atoms with van der Waals surface area (Å²) in [5, 5.41) is 0. The standard InChI is InChI=1S/C44H75O12Si5/c1-45-57(22-17-32-9-14-37-42(27-32)49-37)53-60(46-2,23-18-33-10-15-38-43(28-33)50-38)56-61(24-19-34-11-16-39-44(29-34)51-39)54-58(20-3-5-30-7-12-35-40(25-30)47-35)52-59(55-61)21-4-6-31-8-13-36-41(26-31)48-36/h30-44H,3-29H2,1-2H3. The van der Waals surface area contributed by atoms with Gasteiger partial charge in [-0.15, -0.1) is 0 Å². The second-order valence-electron chi connectivity index (χ2n) is 21.3. The van der Waals surface area contributed by atoms with Gasteiger partial charge in [-0.3, -0.25) is 0 Å². The van der Waals surface area contributed by atoms with Crippen LogP contribution >= 0.6 is 0 Å². The van der Waals surface area contributed by atoms with Crippen LogP contribution in [0.3, 0.4) is 0 Å². The first kappa shape index (κ1) is 44.1. The molecule has 0 N–H and O–H groups in total. The van der Waals surface area contributed by atoms with E-state index in [0.717, 1.165) is 93.4 Å². The van der Waals surface area contributed by atoms with E-state index in [4.69, 9.17) is 53.1 Å². The van der Waals surface area contributed by atoms with Crippen molar-refractivity contribution >= 4 is 45.5 Å². The highest BCUT2D eigenvalue weighted by molar-refractivity contribution is 6.85. The van der Waals surface area contributed by atoms with Crippen molar-refractivity contribution < 1.29 is 53.1 Å². The Balaban J connectivity index is 0.827. The van der Waals surface area contributed by atoms with Crippen molar-refractivity contribution in [3.05, 3.63) is 0 Å². The van der Waals surface area contributed by atoms with Gasteiger partial charge in [0.2, 0.25) is 0 Å². The van der Waals surface area contributed by atoms with Crippen LogP contribution in [0.4, 0.5) is 0 Å². The SMILES string of the molecule is CO[Si](CCC1CCC2OC2C1)O[Si](CCC1CCC2OC2C1)(OC)O[Si]1(CCC2CCC3OC3C2)O[Si](CCCC2CCC3OC3C2)O[Si](CCCC2CCC3OC3C2)O1. The van der Waals surface area contributed by atoms with Crippen LogP contribution in [0.2, 0.25) is 30.2 Å². The Hall–Kier alpha value is 0.604. The maximum absolute atomic E-state index is 7.80. The predicted molar refractivity (Wildman–Crippen MR) is 235 cm³/mol. The largest absolute Gasteiger partial charge is 0.484 e. The third-order valence-corrected chi connectivity index (χ3v) is 32.8. The number of hydrogen-bond acceptors (Lipinski definition) is 12. The molecule has 17 heteroatoms. The molecule has 11 rings (SSSR count). The average Bonchev–Trinajstić information content (AvgIpc) is 4.05. The molecule has 5 aliphatic carbocycles. The smallest absolute Gasteiger partial charge is 0.414 e. The summed E-state index contributed by atoms with van der Waals surface area (Å²) in [7, 11) is -8.05. The van der Waals surface area contributed by atoms with E-state index in [0.29, 0.717) is 78.8 Å². The highest BCUT2D eigenvalue weighted by atomic mass is 28.5. The number of fused-ring (bicyclic) bond motifs is 5. The fourth-order valence-electron chi connectivity index (χ4n) is 12.7.